The molecule has 340 valence electrons. The molecule has 2 unspecified atom stereocenters. The minimum absolute atomic E-state index is 0.0615. The van der Waals surface area contributed by atoms with Gasteiger partial charge in [0.15, 0.2) is 11.2 Å². The van der Waals surface area contributed by atoms with Crippen LogP contribution in [0, 0.1) is 5.82 Å². The number of fused-ring (bicyclic) bond motifs is 5. The fourth-order valence-corrected chi connectivity index (χ4v) is 10.8. The van der Waals surface area contributed by atoms with Crippen LogP contribution in [0.2, 0.25) is 0 Å². The third-order valence-corrected chi connectivity index (χ3v) is 14.4. The summed E-state index contributed by atoms with van der Waals surface area (Å²) in [5.41, 5.74) is 5.87. The Morgan fingerprint density at radius 1 is 0.909 bits per heavy atom. The fourth-order valence-electron chi connectivity index (χ4n) is 10.3. The monoisotopic (exact) mass is 913 g/mol. The van der Waals surface area contributed by atoms with Gasteiger partial charge >= 0.3 is 6.03 Å². The van der Waals surface area contributed by atoms with Gasteiger partial charge in [0.2, 0.25) is 11.8 Å². The second-order valence-corrected chi connectivity index (χ2v) is 18.5. The van der Waals surface area contributed by atoms with Gasteiger partial charge in [-0.3, -0.25) is 39.6 Å². The fraction of sp³-hybridized carbons (Fsp3) is 0.383. The molecule has 3 aromatic carbocycles. The summed E-state index contributed by atoms with van der Waals surface area (Å²) < 4.78 is 24.2. The van der Waals surface area contributed by atoms with Crippen molar-refractivity contribution in [3.05, 3.63) is 101 Å². The number of anilines is 4. The van der Waals surface area contributed by atoms with Crippen LogP contribution in [0.3, 0.4) is 0 Å². The largest absolute Gasteiger partial charge is 0.491 e. The van der Waals surface area contributed by atoms with Crippen molar-refractivity contribution < 1.29 is 33.1 Å². The van der Waals surface area contributed by atoms with E-state index in [9.17, 15) is 24.0 Å². The lowest BCUT2D eigenvalue weighted by Gasteiger charge is -2.42. The molecule has 66 heavy (non-hydrogen) atoms. The topological polar surface area (TPSA) is 169 Å². The maximum absolute atomic E-state index is 16.0. The standard InChI is InChI=1S/C47H48FN11O6S/c48-36-23-30(22-34-35(36)26-59(45(34)63)43(44(62)52-46-49-11-21-66-46)42-38-2-1-12-56(38)28-50-42)29-3-5-31(6-4-29)54-15-17-55(18-16-54)41(61)27-53-14-19-57-33(25-53)10-20-65-39-24-32(7-8-37(39)57)58-13-9-40(60)51-47(58)64/h3-8,11,21-24,28,33,43H,1-2,9-10,12-20,25-27H2,(H,49,52,62)(H,51,60,64). The number of piperazine rings is 2. The van der Waals surface area contributed by atoms with Crippen LogP contribution in [-0.4, -0.2) is 130 Å². The Morgan fingerprint density at radius 2 is 1.74 bits per heavy atom. The van der Waals surface area contributed by atoms with Gasteiger partial charge in [-0.05, 0) is 60.4 Å². The minimum Gasteiger partial charge on any atom is -0.491 e. The van der Waals surface area contributed by atoms with Crippen molar-refractivity contribution in [1.29, 1.82) is 0 Å². The van der Waals surface area contributed by atoms with Crippen molar-refractivity contribution in [3.63, 3.8) is 0 Å². The average Bonchev–Trinajstić information content (AvgIpc) is 4.13. The molecular weight excluding hydrogens is 866 g/mol. The molecule has 2 N–H and O–H groups in total. The molecule has 0 spiro atoms. The number of hydrogen-bond acceptors (Lipinski definition) is 12. The number of hydrogen-bond donors (Lipinski definition) is 2. The van der Waals surface area contributed by atoms with E-state index in [1.807, 2.05) is 51.9 Å². The Hall–Kier alpha value is -6.86. The van der Waals surface area contributed by atoms with Crippen molar-refractivity contribution in [1.82, 2.24) is 34.6 Å². The lowest BCUT2D eigenvalue weighted by molar-refractivity contribution is -0.133. The van der Waals surface area contributed by atoms with E-state index in [0.717, 1.165) is 68.1 Å². The second kappa shape index (κ2) is 17.2. The molecule has 6 aliphatic heterocycles. The van der Waals surface area contributed by atoms with Gasteiger partial charge in [0.1, 0.15) is 11.6 Å². The Morgan fingerprint density at radius 3 is 2.55 bits per heavy atom. The number of ether oxygens (including phenoxy) is 1. The number of aryl methyl sites for hydroxylation is 1. The number of benzene rings is 3. The molecule has 0 radical (unpaired) electrons. The van der Waals surface area contributed by atoms with Crippen molar-refractivity contribution in [2.75, 3.05) is 85.5 Å². The van der Waals surface area contributed by atoms with Gasteiger partial charge in [-0.15, -0.1) is 11.3 Å². The van der Waals surface area contributed by atoms with Crippen LogP contribution >= 0.6 is 11.3 Å². The van der Waals surface area contributed by atoms with Gasteiger partial charge in [-0.1, -0.05) is 12.1 Å². The summed E-state index contributed by atoms with van der Waals surface area (Å²) in [5.74, 6) is -0.823. The molecule has 11 rings (SSSR count). The summed E-state index contributed by atoms with van der Waals surface area (Å²) in [6.07, 6.45) is 6.00. The highest BCUT2D eigenvalue weighted by Gasteiger charge is 2.42. The van der Waals surface area contributed by atoms with E-state index in [4.69, 9.17) is 4.74 Å². The van der Waals surface area contributed by atoms with Gasteiger partial charge in [0.25, 0.3) is 11.8 Å². The van der Waals surface area contributed by atoms with Gasteiger partial charge in [0.05, 0.1) is 37.4 Å². The molecule has 0 bridgehead atoms. The Balaban J connectivity index is 0.704. The first-order chi connectivity index (χ1) is 32.1. The molecule has 5 aromatic rings. The number of carbonyl (C=O) groups excluding carboxylic acids is 5. The van der Waals surface area contributed by atoms with E-state index in [0.29, 0.717) is 73.7 Å². The molecule has 2 atom stereocenters. The van der Waals surface area contributed by atoms with Crippen LogP contribution < -0.4 is 30.1 Å². The zero-order valence-electron chi connectivity index (χ0n) is 36.2. The molecule has 3 fully saturated rings. The molecule has 6 amide bonds. The van der Waals surface area contributed by atoms with E-state index in [1.54, 1.807) is 28.9 Å². The smallest absolute Gasteiger partial charge is 0.328 e. The van der Waals surface area contributed by atoms with Crippen LogP contribution in [0.5, 0.6) is 5.75 Å². The van der Waals surface area contributed by atoms with Gasteiger partial charge in [0, 0.05) is 124 Å². The minimum atomic E-state index is -1.06. The van der Waals surface area contributed by atoms with E-state index in [2.05, 4.69) is 35.3 Å². The summed E-state index contributed by atoms with van der Waals surface area (Å²) in [7, 11) is 0. The number of urea groups is 1. The number of rotatable bonds is 9. The zero-order chi connectivity index (χ0) is 45.1. The predicted molar refractivity (Wildman–Crippen MR) is 244 cm³/mol. The second-order valence-electron chi connectivity index (χ2n) is 17.6. The summed E-state index contributed by atoms with van der Waals surface area (Å²) in [6.45, 7) is 6.64. The molecular formula is C47H48FN11O6S. The molecule has 17 nitrogen and oxygen atoms in total. The average molecular weight is 914 g/mol. The Bertz CT molecular complexity index is 2740. The van der Waals surface area contributed by atoms with Crippen molar-refractivity contribution in [3.8, 4) is 16.9 Å². The molecule has 0 aliphatic carbocycles. The van der Waals surface area contributed by atoms with Crippen LogP contribution in [-0.2, 0) is 33.9 Å². The third-order valence-electron chi connectivity index (χ3n) is 13.7. The highest BCUT2D eigenvalue weighted by atomic mass is 32.1. The number of carbonyl (C=O) groups is 5. The number of imide groups is 1. The van der Waals surface area contributed by atoms with Crippen molar-refractivity contribution >= 4 is 63.2 Å². The van der Waals surface area contributed by atoms with Gasteiger partial charge in [-0.25, -0.2) is 19.2 Å². The number of amides is 6. The number of nitrogens with one attached hydrogen (secondary N) is 2. The number of imidazole rings is 1. The highest BCUT2D eigenvalue weighted by molar-refractivity contribution is 7.13. The number of nitrogens with zero attached hydrogens (tertiary/aromatic N) is 9. The van der Waals surface area contributed by atoms with Crippen LogP contribution in [0.4, 0.5) is 31.4 Å². The van der Waals surface area contributed by atoms with E-state index in [-0.39, 0.29) is 41.9 Å². The quantitative estimate of drug-likeness (QED) is 0.214. The van der Waals surface area contributed by atoms with Gasteiger partial charge < -0.3 is 28.9 Å². The third kappa shape index (κ3) is 7.78. The number of halogens is 1. The normalized spacial score (nSPS) is 20.0. The molecule has 3 saturated heterocycles. The van der Waals surface area contributed by atoms with E-state index in [1.165, 1.54) is 22.3 Å². The predicted octanol–water partition coefficient (Wildman–Crippen LogP) is 4.50. The summed E-state index contributed by atoms with van der Waals surface area (Å²) >= 11 is 1.28. The molecule has 6 aliphatic rings. The maximum Gasteiger partial charge on any atom is 0.328 e. The van der Waals surface area contributed by atoms with Crippen LogP contribution in [0.25, 0.3) is 11.1 Å². The molecule has 8 heterocycles. The Kier molecular flexibility index (Phi) is 10.9. The Labute approximate surface area is 383 Å². The van der Waals surface area contributed by atoms with Gasteiger partial charge in [-0.2, -0.15) is 0 Å². The van der Waals surface area contributed by atoms with E-state index < -0.39 is 29.7 Å². The summed E-state index contributed by atoms with van der Waals surface area (Å²) in [4.78, 5) is 86.4. The lowest BCUT2D eigenvalue weighted by atomic mass is 9.99. The first-order valence-electron chi connectivity index (χ1n) is 22.5. The zero-order valence-corrected chi connectivity index (χ0v) is 37.0. The van der Waals surface area contributed by atoms with Crippen molar-refractivity contribution in [2.45, 2.75) is 50.9 Å². The van der Waals surface area contributed by atoms with Crippen molar-refractivity contribution in [2.24, 2.45) is 0 Å². The molecule has 2 aromatic heterocycles. The molecule has 19 heteroatoms. The number of aromatic nitrogens is 3. The maximum atomic E-state index is 16.0. The first-order valence-corrected chi connectivity index (χ1v) is 23.4. The van der Waals surface area contributed by atoms with E-state index >= 15 is 4.39 Å². The molecule has 0 saturated carbocycles. The first kappa shape index (κ1) is 41.8. The summed E-state index contributed by atoms with van der Waals surface area (Å²) in [5, 5.41) is 7.39. The summed E-state index contributed by atoms with van der Waals surface area (Å²) in [6, 6.07) is 15.5. The lowest BCUT2D eigenvalue weighted by Crippen LogP contribution is -2.57. The number of thiazole rings is 1. The van der Waals surface area contributed by atoms with Crippen LogP contribution in [0.1, 0.15) is 52.6 Å². The van der Waals surface area contributed by atoms with Crippen LogP contribution in [0.15, 0.2) is 72.5 Å². The SMILES string of the molecule is O=C1CCN(c2ccc3c(c2)OCCC2CN(CC(=O)N4CCN(c5ccc(-c6cc(F)c7c(c6)C(=O)N(C(C(=O)Nc6nccs6)c6ncn8c6CCC8)C7)cc5)CC4)CCN32)C(=O)N1. The highest BCUT2D eigenvalue weighted by Crippen LogP contribution is 2.40.